The van der Waals surface area contributed by atoms with E-state index in [1.807, 2.05) is 26.0 Å². The normalized spacial score (nSPS) is 14.1. The first-order valence-electron chi connectivity index (χ1n) is 5.95. The second-order valence-electron chi connectivity index (χ2n) is 4.46. The fourth-order valence-electron chi connectivity index (χ4n) is 1.59. The van der Waals surface area contributed by atoms with Gasteiger partial charge < -0.3 is 10.6 Å². The van der Waals surface area contributed by atoms with Gasteiger partial charge in [0.2, 0.25) is 5.91 Å². The van der Waals surface area contributed by atoms with Crippen molar-refractivity contribution in [1.82, 2.24) is 9.88 Å². The molecule has 4 heteroatoms. The van der Waals surface area contributed by atoms with Crippen LogP contribution >= 0.6 is 0 Å². The highest BCUT2D eigenvalue weighted by atomic mass is 16.2. The molecule has 0 aliphatic rings. The van der Waals surface area contributed by atoms with Crippen molar-refractivity contribution in [2.45, 2.75) is 32.9 Å². The Labute approximate surface area is 103 Å². The van der Waals surface area contributed by atoms with Crippen molar-refractivity contribution in [2.24, 2.45) is 11.7 Å². The number of likely N-dealkylation sites (N-methyl/N-ethyl adjacent to an activating group) is 1. The fourth-order valence-corrected chi connectivity index (χ4v) is 1.59. The Morgan fingerprint density at radius 1 is 1.47 bits per heavy atom. The lowest BCUT2D eigenvalue weighted by atomic mass is 9.99. The summed E-state index contributed by atoms with van der Waals surface area (Å²) in [6.45, 7) is 4.62. The lowest BCUT2D eigenvalue weighted by Crippen LogP contribution is -2.45. The summed E-state index contributed by atoms with van der Waals surface area (Å²) in [7, 11) is 1.78. The molecule has 0 spiro atoms. The van der Waals surface area contributed by atoms with Crippen LogP contribution in [0.4, 0.5) is 0 Å². The molecule has 0 aliphatic heterocycles. The van der Waals surface area contributed by atoms with Crippen LogP contribution in [-0.2, 0) is 11.3 Å². The van der Waals surface area contributed by atoms with Crippen LogP contribution in [0, 0.1) is 5.92 Å². The molecule has 0 aromatic carbocycles. The van der Waals surface area contributed by atoms with Crippen molar-refractivity contribution in [2.75, 3.05) is 7.05 Å². The molecule has 1 rings (SSSR count). The average molecular weight is 235 g/mol. The summed E-state index contributed by atoms with van der Waals surface area (Å²) < 4.78 is 0. The second kappa shape index (κ2) is 6.35. The molecule has 1 heterocycles. The van der Waals surface area contributed by atoms with E-state index in [1.165, 1.54) is 0 Å². The molecule has 1 aromatic rings. The second-order valence-corrected chi connectivity index (χ2v) is 4.46. The molecule has 0 bridgehead atoms. The van der Waals surface area contributed by atoms with Crippen LogP contribution in [0.3, 0.4) is 0 Å². The molecule has 17 heavy (non-hydrogen) atoms. The van der Waals surface area contributed by atoms with E-state index in [0.717, 1.165) is 12.0 Å². The molecule has 0 radical (unpaired) electrons. The third kappa shape index (κ3) is 3.82. The number of carbonyl (C=O) groups is 1. The fraction of sp³-hybridized carbons (Fsp3) is 0.538. The smallest absolute Gasteiger partial charge is 0.239 e. The monoisotopic (exact) mass is 235 g/mol. The van der Waals surface area contributed by atoms with E-state index in [2.05, 4.69) is 4.98 Å². The third-order valence-corrected chi connectivity index (χ3v) is 3.09. The highest BCUT2D eigenvalue weighted by molar-refractivity contribution is 5.81. The number of carbonyl (C=O) groups excluding carboxylic acids is 1. The molecule has 4 nitrogen and oxygen atoms in total. The van der Waals surface area contributed by atoms with E-state index < -0.39 is 6.04 Å². The van der Waals surface area contributed by atoms with Crippen LogP contribution in [0.2, 0.25) is 0 Å². The molecule has 1 unspecified atom stereocenters. The van der Waals surface area contributed by atoms with Crippen LogP contribution < -0.4 is 5.73 Å². The number of hydrogen-bond acceptors (Lipinski definition) is 3. The van der Waals surface area contributed by atoms with Gasteiger partial charge in [0.1, 0.15) is 0 Å². The first-order chi connectivity index (χ1) is 8.06. The number of aromatic nitrogens is 1. The minimum absolute atomic E-state index is 0.00355. The van der Waals surface area contributed by atoms with Gasteiger partial charge in [-0.1, -0.05) is 20.3 Å². The summed E-state index contributed by atoms with van der Waals surface area (Å²) in [5, 5.41) is 0. The molecule has 2 atom stereocenters. The summed E-state index contributed by atoms with van der Waals surface area (Å²) >= 11 is 0. The SMILES string of the molecule is CCC(C)[C@H](N)C(=O)N(C)Cc1ccncc1. The molecule has 0 fully saturated rings. The highest BCUT2D eigenvalue weighted by Crippen LogP contribution is 2.09. The Bertz CT molecular complexity index is 353. The maximum absolute atomic E-state index is 12.0. The zero-order valence-electron chi connectivity index (χ0n) is 10.8. The standard InChI is InChI=1S/C13H21N3O/c1-4-10(2)12(14)13(17)16(3)9-11-5-7-15-8-6-11/h5-8,10,12H,4,9,14H2,1-3H3/t10?,12-/m0/s1. The predicted octanol–water partition coefficient (Wildman–Crippen LogP) is 1.41. The van der Waals surface area contributed by atoms with Crippen molar-refractivity contribution in [3.63, 3.8) is 0 Å². The van der Waals surface area contributed by atoms with Gasteiger partial charge in [0.15, 0.2) is 0 Å². The van der Waals surface area contributed by atoms with E-state index in [9.17, 15) is 4.79 Å². The van der Waals surface area contributed by atoms with Crippen LogP contribution in [0.15, 0.2) is 24.5 Å². The van der Waals surface area contributed by atoms with Gasteiger partial charge in [-0.15, -0.1) is 0 Å². The number of amides is 1. The largest absolute Gasteiger partial charge is 0.340 e. The summed E-state index contributed by atoms with van der Waals surface area (Å²) in [6.07, 6.45) is 4.36. The summed E-state index contributed by atoms with van der Waals surface area (Å²) in [5.41, 5.74) is 6.98. The highest BCUT2D eigenvalue weighted by Gasteiger charge is 2.22. The lowest BCUT2D eigenvalue weighted by Gasteiger charge is -2.24. The Hall–Kier alpha value is -1.42. The number of nitrogens with zero attached hydrogens (tertiary/aromatic N) is 2. The van der Waals surface area contributed by atoms with Crippen molar-refractivity contribution in [1.29, 1.82) is 0 Å². The van der Waals surface area contributed by atoms with Crippen molar-refractivity contribution in [3.05, 3.63) is 30.1 Å². The molecular formula is C13H21N3O. The van der Waals surface area contributed by atoms with E-state index in [1.54, 1.807) is 24.3 Å². The van der Waals surface area contributed by atoms with Gasteiger partial charge in [0.05, 0.1) is 6.04 Å². The number of pyridine rings is 1. The quantitative estimate of drug-likeness (QED) is 0.839. The molecule has 1 aromatic heterocycles. The van der Waals surface area contributed by atoms with E-state index in [0.29, 0.717) is 6.54 Å². The maximum Gasteiger partial charge on any atom is 0.239 e. The number of rotatable bonds is 5. The van der Waals surface area contributed by atoms with Gasteiger partial charge in [0.25, 0.3) is 0 Å². The maximum atomic E-state index is 12.0. The van der Waals surface area contributed by atoms with Gasteiger partial charge >= 0.3 is 0 Å². The minimum Gasteiger partial charge on any atom is -0.340 e. The summed E-state index contributed by atoms with van der Waals surface area (Å²) in [5.74, 6) is 0.207. The van der Waals surface area contributed by atoms with Crippen LogP contribution in [-0.4, -0.2) is 28.9 Å². The molecule has 2 N–H and O–H groups in total. The zero-order chi connectivity index (χ0) is 12.8. The third-order valence-electron chi connectivity index (χ3n) is 3.09. The van der Waals surface area contributed by atoms with Crippen LogP contribution in [0.1, 0.15) is 25.8 Å². The minimum atomic E-state index is -0.410. The first-order valence-corrected chi connectivity index (χ1v) is 5.95. The van der Waals surface area contributed by atoms with Crippen molar-refractivity contribution < 1.29 is 4.79 Å². The number of hydrogen-bond donors (Lipinski definition) is 1. The van der Waals surface area contributed by atoms with Gasteiger partial charge in [-0.2, -0.15) is 0 Å². The summed E-state index contributed by atoms with van der Waals surface area (Å²) in [4.78, 5) is 17.7. The average Bonchev–Trinajstić information content (AvgIpc) is 2.37. The Kier molecular flexibility index (Phi) is 5.10. The summed E-state index contributed by atoms with van der Waals surface area (Å²) in [6, 6.07) is 3.39. The van der Waals surface area contributed by atoms with Crippen LogP contribution in [0.25, 0.3) is 0 Å². The zero-order valence-corrected chi connectivity index (χ0v) is 10.8. The molecule has 0 aliphatic carbocycles. The van der Waals surface area contributed by atoms with Crippen molar-refractivity contribution in [3.8, 4) is 0 Å². The molecule has 1 amide bonds. The van der Waals surface area contributed by atoms with E-state index >= 15 is 0 Å². The number of nitrogens with two attached hydrogens (primary N) is 1. The van der Waals surface area contributed by atoms with E-state index in [-0.39, 0.29) is 11.8 Å². The van der Waals surface area contributed by atoms with Gasteiger partial charge in [-0.25, -0.2) is 0 Å². The molecule has 94 valence electrons. The van der Waals surface area contributed by atoms with Crippen LogP contribution in [0.5, 0.6) is 0 Å². The Balaban J connectivity index is 2.58. The Morgan fingerprint density at radius 2 is 2.06 bits per heavy atom. The van der Waals surface area contributed by atoms with Gasteiger partial charge in [0, 0.05) is 26.0 Å². The van der Waals surface area contributed by atoms with Gasteiger partial charge in [-0.05, 0) is 23.6 Å². The Morgan fingerprint density at radius 3 is 2.59 bits per heavy atom. The predicted molar refractivity (Wildman–Crippen MR) is 68.1 cm³/mol. The van der Waals surface area contributed by atoms with Crippen molar-refractivity contribution >= 4 is 5.91 Å². The topological polar surface area (TPSA) is 59.2 Å². The lowest BCUT2D eigenvalue weighted by molar-refractivity contribution is -0.132. The molecule has 0 saturated heterocycles. The first kappa shape index (κ1) is 13.6. The van der Waals surface area contributed by atoms with E-state index in [4.69, 9.17) is 5.73 Å². The molecular weight excluding hydrogens is 214 g/mol. The molecule has 0 saturated carbocycles. The van der Waals surface area contributed by atoms with Gasteiger partial charge in [-0.3, -0.25) is 9.78 Å².